The first-order valence-corrected chi connectivity index (χ1v) is 13.0. The molecule has 2 N–H and O–H groups in total. The normalized spacial score (nSPS) is 21.6. The number of rotatable bonds is 8. The fourth-order valence-corrected chi connectivity index (χ4v) is 5.22. The van der Waals surface area contributed by atoms with Gasteiger partial charge in [0.05, 0.1) is 0 Å². The van der Waals surface area contributed by atoms with E-state index in [1.54, 1.807) is 0 Å². The summed E-state index contributed by atoms with van der Waals surface area (Å²) in [6.07, 6.45) is 2.62. The van der Waals surface area contributed by atoms with Crippen LogP contribution in [0.2, 0.25) is 0 Å². The average Bonchev–Trinajstić information content (AvgIpc) is 3.86. The van der Waals surface area contributed by atoms with Crippen LogP contribution in [0.15, 0.2) is 109 Å². The number of hydrogen-bond donors (Lipinski definition) is 2. The van der Waals surface area contributed by atoms with Crippen molar-refractivity contribution >= 4 is 23.2 Å². The van der Waals surface area contributed by atoms with E-state index in [1.165, 1.54) is 22.3 Å². The van der Waals surface area contributed by atoms with E-state index in [0.29, 0.717) is 11.8 Å². The van der Waals surface area contributed by atoms with Crippen molar-refractivity contribution in [2.75, 3.05) is 10.6 Å². The number of hydrogen-bond acceptors (Lipinski definition) is 2. The van der Waals surface area contributed by atoms with E-state index in [-0.39, 0.29) is 23.7 Å². The second-order valence-electron chi connectivity index (χ2n) is 10.3. The number of amides is 2. The van der Waals surface area contributed by atoms with Gasteiger partial charge in [-0.3, -0.25) is 9.59 Å². The smallest absolute Gasteiger partial charge is 0.228 e. The molecule has 0 bridgehead atoms. The maximum Gasteiger partial charge on any atom is 0.228 e. The summed E-state index contributed by atoms with van der Waals surface area (Å²) < 4.78 is 0. The van der Waals surface area contributed by atoms with Crippen molar-refractivity contribution in [3.63, 3.8) is 0 Å². The van der Waals surface area contributed by atoms with Gasteiger partial charge in [-0.2, -0.15) is 0 Å². The van der Waals surface area contributed by atoms with Crippen LogP contribution in [-0.4, -0.2) is 11.8 Å². The summed E-state index contributed by atoms with van der Waals surface area (Å²) in [7, 11) is 0. The molecule has 4 nitrogen and oxygen atoms in total. The summed E-state index contributed by atoms with van der Waals surface area (Å²) >= 11 is 0. The molecule has 2 fully saturated rings. The summed E-state index contributed by atoms with van der Waals surface area (Å²) in [6, 6.07) is 36.6. The molecule has 2 aliphatic carbocycles. The Hall–Kier alpha value is -4.18. The molecule has 4 aromatic rings. The molecule has 2 amide bonds. The van der Waals surface area contributed by atoms with E-state index in [2.05, 4.69) is 59.2 Å². The van der Waals surface area contributed by atoms with Gasteiger partial charge in [0.2, 0.25) is 11.8 Å². The molecule has 4 aromatic carbocycles. The fourth-order valence-electron chi connectivity index (χ4n) is 5.22. The van der Waals surface area contributed by atoms with Crippen molar-refractivity contribution in [1.29, 1.82) is 0 Å². The number of nitrogens with one attached hydrogen (secondary N) is 2. The van der Waals surface area contributed by atoms with Gasteiger partial charge in [-0.25, -0.2) is 0 Å². The number of anilines is 2. The van der Waals surface area contributed by atoms with Gasteiger partial charge < -0.3 is 10.6 Å². The van der Waals surface area contributed by atoms with E-state index in [4.69, 9.17) is 0 Å². The lowest BCUT2D eigenvalue weighted by Gasteiger charge is -2.09. The first kappa shape index (κ1) is 23.2. The van der Waals surface area contributed by atoms with Crippen molar-refractivity contribution < 1.29 is 9.59 Å². The molecule has 0 aromatic heterocycles. The van der Waals surface area contributed by atoms with Crippen LogP contribution in [0.3, 0.4) is 0 Å². The van der Waals surface area contributed by atoms with Crippen LogP contribution in [0.1, 0.15) is 46.9 Å². The van der Waals surface area contributed by atoms with E-state index >= 15 is 0 Å². The SMILES string of the molecule is O=C(Nc1ccc(Cc2ccc(NC(=O)[C@@H]3C[C@@H]3c3ccccc3)cc2)cc1)[C@H]1C[C@@H]1c1ccccc1. The first-order valence-electron chi connectivity index (χ1n) is 13.0. The highest BCUT2D eigenvalue weighted by atomic mass is 16.2. The minimum atomic E-state index is 0.0604. The molecule has 37 heavy (non-hydrogen) atoms. The van der Waals surface area contributed by atoms with Crippen LogP contribution in [0.25, 0.3) is 0 Å². The van der Waals surface area contributed by atoms with Gasteiger partial charge in [0.25, 0.3) is 0 Å². The van der Waals surface area contributed by atoms with Gasteiger partial charge in [-0.1, -0.05) is 84.9 Å². The molecule has 2 saturated carbocycles. The highest BCUT2D eigenvalue weighted by Gasteiger charge is 2.44. The molecular weight excluding hydrogens is 456 g/mol. The maximum atomic E-state index is 12.6. The zero-order chi connectivity index (χ0) is 25.2. The van der Waals surface area contributed by atoms with E-state index in [9.17, 15) is 9.59 Å². The predicted octanol–water partition coefficient (Wildman–Crippen LogP) is 6.76. The zero-order valence-corrected chi connectivity index (χ0v) is 20.6. The van der Waals surface area contributed by atoms with Crippen LogP contribution in [0, 0.1) is 11.8 Å². The average molecular weight is 487 g/mol. The molecule has 0 radical (unpaired) electrons. The lowest BCUT2D eigenvalue weighted by Crippen LogP contribution is -2.14. The molecule has 0 heterocycles. The van der Waals surface area contributed by atoms with Gasteiger partial charge in [0.15, 0.2) is 0 Å². The molecule has 0 saturated heterocycles. The van der Waals surface area contributed by atoms with Gasteiger partial charge in [-0.05, 0) is 77.6 Å². The van der Waals surface area contributed by atoms with Crippen molar-refractivity contribution in [1.82, 2.24) is 0 Å². The summed E-state index contributed by atoms with van der Waals surface area (Å²) in [5.41, 5.74) is 6.50. The van der Waals surface area contributed by atoms with Crippen molar-refractivity contribution in [3.05, 3.63) is 131 Å². The Labute approximate surface area is 217 Å². The molecule has 2 aliphatic rings. The van der Waals surface area contributed by atoms with Crippen LogP contribution in [0.4, 0.5) is 11.4 Å². The van der Waals surface area contributed by atoms with Gasteiger partial charge in [0.1, 0.15) is 0 Å². The van der Waals surface area contributed by atoms with Crippen LogP contribution < -0.4 is 10.6 Å². The van der Waals surface area contributed by atoms with E-state index < -0.39 is 0 Å². The van der Waals surface area contributed by atoms with Crippen LogP contribution in [0.5, 0.6) is 0 Å². The van der Waals surface area contributed by atoms with Gasteiger partial charge >= 0.3 is 0 Å². The third kappa shape index (κ3) is 5.49. The molecule has 0 aliphatic heterocycles. The van der Waals surface area contributed by atoms with Crippen molar-refractivity contribution in [3.8, 4) is 0 Å². The summed E-state index contributed by atoms with van der Waals surface area (Å²) in [6.45, 7) is 0. The van der Waals surface area contributed by atoms with E-state index in [1.807, 2.05) is 60.7 Å². The lowest BCUT2D eigenvalue weighted by molar-refractivity contribution is -0.118. The van der Waals surface area contributed by atoms with Crippen LogP contribution >= 0.6 is 0 Å². The molecule has 4 atom stereocenters. The zero-order valence-electron chi connectivity index (χ0n) is 20.6. The maximum absolute atomic E-state index is 12.6. The Morgan fingerprint density at radius 3 is 1.30 bits per heavy atom. The summed E-state index contributed by atoms with van der Waals surface area (Å²) in [5, 5.41) is 6.14. The molecule has 6 rings (SSSR count). The summed E-state index contributed by atoms with van der Waals surface area (Å²) in [5.74, 6) is 0.988. The van der Waals surface area contributed by atoms with E-state index in [0.717, 1.165) is 30.6 Å². The number of carbonyl (C=O) groups is 2. The Morgan fingerprint density at radius 2 is 0.919 bits per heavy atom. The molecular formula is C33H30N2O2. The highest BCUT2D eigenvalue weighted by molar-refractivity contribution is 5.96. The number of carbonyl (C=O) groups excluding carboxylic acids is 2. The quantitative estimate of drug-likeness (QED) is 0.289. The second kappa shape index (κ2) is 10.1. The minimum absolute atomic E-state index is 0.0604. The minimum Gasteiger partial charge on any atom is -0.326 e. The molecule has 4 heteroatoms. The largest absolute Gasteiger partial charge is 0.326 e. The third-order valence-electron chi connectivity index (χ3n) is 7.56. The molecule has 0 unspecified atom stereocenters. The highest BCUT2D eigenvalue weighted by Crippen LogP contribution is 2.48. The third-order valence-corrected chi connectivity index (χ3v) is 7.56. The van der Waals surface area contributed by atoms with Gasteiger partial charge in [0, 0.05) is 23.2 Å². The predicted molar refractivity (Wildman–Crippen MR) is 148 cm³/mol. The molecule has 0 spiro atoms. The fraction of sp³-hybridized carbons (Fsp3) is 0.212. The standard InChI is InChI=1S/C33H30N2O2/c36-32(30-20-28(30)24-7-3-1-4-8-24)34-26-15-11-22(12-16-26)19-23-13-17-27(18-14-23)35-33(37)31-21-29(31)25-9-5-2-6-10-25/h1-18,28-31H,19-21H2,(H,34,36)(H,35,37)/t28-,29-,30-,31+/m1/s1. The lowest BCUT2D eigenvalue weighted by atomic mass is 10.0. The van der Waals surface area contributed by atoms with Gasteiger partial charge in [-0.15, -0.1) is 0 Å². The van der Waals surface area contributed by atoms with Crippen molar-refractivity contribution in [2.24, 2.45) is 11.8 Å². The second-order valence-corrected chi connectivity index (χ2v) is 10.3. The molecule has 184 valence electrons. The van der Waals surface area contributed by atoms with Crippen molar-refractivity contribution in [2.45, 2.75) is 31.1 Å². The Kier molecular flexibility index (Phi) is 6.32. The topological polar surface area (TPSA) is 58.2 Å². The Bertz CT molecular complexity index is 1270. The Morgan fingerprint density at radius 1 is 0.541 bits per heavy atom. The monoisotopic (exact) mass is 486 g/mol. The Balaban J connectivity index is 0.985. The number of benzene rings is 4. The first-order chi connectivity index (χ1) is 18.1. The summed E-state index contributed by atoms with van der Waals surface area (Å²) in [4.78, 5) is 25.3. The van der Waals surface area contributed by atoms with Crippen LogP contribution in [-0.2, 0) is 16.0 Å².